The van der Waals surface area contributed by atoms with Crippen LogP contribution in [0.4, 0.5) is 0 Å². The number of unbranched alkanes of at least 4 members (excludes halogenated alkanes) is 3. The Hall–Kier alpha value is -0.830. The first-order valence-corrected chi connectivity index (χ1v) is 5.06. The van der Waals surface area contributed by atoms with Crippen molar-refractivity contribution in [3.63, 3.8) is 0 Å². The predicted molar refractivity (Wildman–Crippen MR) is 55.9 cm³/mol. The van der Waals surface area contributed by atoms with Crippen LogP contribution >= 0.6 is 0 Å². The maximum Gasteiger partial charge on any atom is 0.308 e. The fourth-order valence-corrected chi connectivity index (χ4v) is 1.22. The first kappa shape index (κ1) is 13.2. The van der Waals surface area contributed by atoms with Crippen LogP contribution in [-0.4, -0.2) is 24.3 Å². The number of rotatable bonds is 8. The van der Waals surface area contributed by atoms with Gasteiger partial charge in [0.25, 0.3) is 0 Å². The first-order valence-electron chi connectivity index (χ1n) is 5.06. The van der Waals surface area contributed by atoms with E-state index >= 15 is 0 Å². The van der Waals surface area contributed by atoms with Gasteiger partial charge in [0, 0.05) is 0 Å². The second-order valence-corrected chi connectivity index (χ2v) is 3.36. The van der Waals surface area contributed by atoms with E-state index in [-0.39, 0.29) is 12.4 Å². The standard InChI is InChI=1S/C11H20O3/c1-3-4-5-6-7-8-10(12)9-11(13)14-2/h3,10,12H,1,4-9H2,2H3. The molecular formula is C11H20O3. The lowest BCUT2D eigenvalue weighted by Crippen LogP contribution is -2.14. The Labute approximate surface area is 85.8 Å². The topological polar surface area (TPSA) is 46.5 Å². The van der Waals surface area contributed by atoms with Crippen LogP contribution in [0.5, 0.6) is 0 Å². The molecule has 0 aliphatic heterocycles. The minimum atomic E-state index is -0.550. The normalized spacial score (nSPS) is 12.1. The largest absolute Gasteiger partial charge is 0.469 e. The summed E-state index contributed by atoms with van der Waals surface area (Å²) in [7, 11) is 1.33. The molecule has 0 aromatic carbocycles. The van der Waals surface area contributed by atoms with Crippen molar-refractivity contribution in [3.05, 3.63) is 12.7 Å². The van der Waals surface area contributed by atoms with E-state index in [1.54, 1.807) is 0 Å². The van der Waals surface area contributed by atoms with Gasteiger partial charge in [0.1, 0.15) is 0 Å². The monoisotopic (exact) mass is 200 g/mol. The second-order valence-electron chi connectivity index (χ2n) is 3.36. The highest BCUT2D eigenvalue weighted by molar-refractivity contribution is 5.69. The summed E-state index contributed by atoms with van der Waals surface area (Å²) in [5.74, 6) is -0.344. The molecule has 0 spiro atoms. The number of carbonyl (C=O) groups excluding carboxylic acids is 1. The lowest BCUT2D eigenvalue weighted by molar-refractivity contribution is -0.142. The molecule has 3 heteroatoms. The van der Waals surface area contributed by atoms with Crippen molar-refractivity contribution in [2.45, 2.75) is 44.6 Å². The highest BCUT2D eigenvalue weighted by atomic mass is 16.5. The summed E-state index contributed by atoms with van der Waals surface area (Å²) in [6, 6.07) is 0. The molecule has 3 nitrogen and oxygen atoms in total. The first-order chi connectivity index (χ1) is 6.70. The third-order valence-corrected chi connectivity index (χ3v) is 2.08. The van der Waals surface area contributed by atoms with Crippen LogP contribution in [-0.2, 0) is 9.53 Å². The molecule has 0 aliphatic carbocycles. The summed E-state index contributed by atoms with van der Waals surface area (Å²) in [5.41, 5.74) is 0. The Kier molecular flexibility index (Phi) is 8.24. The van der Waals surface area contributed by atoms with Crippen LogP contribution in [0, 0.1) is 0 Å². The van der Waals surface area contributed by atoms with Crippen molar-refractivity contribution < 1.29 is 14.6 Å². The molecule has 0 aliphatic rings. The number of aliphatic hydroxyl groups excluding tert-OH is 1. The van der Waals surface area contributed by atoms with Crippen LogP contribution in [0.1, 0.15) is 38.5 Å². The van der Waals surface area contributed by atoms with Gasteiger partial charge in [-0.25, -0.2) is 0 Å². The number of allylic oxidation sites excluding steroid dienone is 1. The van der Waals surface area contributed by atoms with Crippen molar-refractivity contribution in [3.8, 4) is 0 Å². The van der Waals surface area contributed by atoms with Gasteiger partial charge in [-0.3, -0.25) is 4.79 Å². The molecule has 82 valence electrons. The molecule has 0 heterocycles. The molecule has 0 saturated heterocycles. The molecule has 0 aromatic rings. The van der Waals surface area contributed by atoms with Gasteiger partial charge in [-0.2, -0.15) is 0 Å². The Morgan fingerprint density at radius 2 is 2.21 bits per heavy atom. The summed E-state index contributed by atoms with van der Waals surface area (Å²) in [5, 5.41) is 9.39. The maximum absolute atomic E-state index is 10.8. The van der Waals surface area contributed by atoms with Crippen LogP contribution in [0.15, 0.2) is 12.7 Å². The zero-order chi connectivity index (χ0) is 10.8. The Morgan fingerprint density at radius 3 is 2.79 bits per heavy atom. The third kappa shape index (κ3) is 7.80. The number of aliphatic hydroxyl groups is 1. The molecule has 14 heavy (non-hydrogen) atoms. The third-order valence-electron chi connectivity index (χ3n) is 2.08. The molecule has 0 radical (unpaired) electrons. The number of esters is 1. The highest BCUT2D eigenvalue weighted by Gasteiger charge is 2.09. The number of hydrogen-bond acceptors (Lipinski definition) is 3. The molecule has 1 atom stereocenters. The number of ether oxygens (including phenoxy) is 1. The van der Waals surface area contributed by atoms with Crippen molar-refractivity contribution in [1.29, 1.82) is 0 Å². The molecule has 0 bridgehead atoms. The molecule has 0 fully saturated rings. The van der Waals surface area contributed by atoms with Gasteiger partial charge in [0.15, 0.2) is 0 Å². The van der Waals surface area contributed by atoms with E-state index in [4.69, 9.17) is 0 Å². The van der Waals surface area contributed by atoms with Gasteiger partial charge >= 0.3 is 5.97 Å². The van der Waals surface area contributed by atoms with Crippen molar-refractivity contribution in [2.75, 3.05) is 7.11 Å². The lowest BCUT2D eigenvalue weighted by Gasteiger charge is -2.08. The van der Waals surface area contributed by atoms with Crippen LogP contribution < -0.4 is 0 Å². The number of methoxy groups -OCH3 is 1. The fourth-order valence-electron chi connectivity index (χ4n) is 1.22. The Bertz CT molecular complexity index is 166. The van der Waals surface area contributed by atoms with Gasteiger partial charge in [0.05, 0.1) is 19.6 Å². The van der Waals surface area contributed by atoms with E-state index in [9.17, 15) is 9.90 Å². The SMILES string of the molecule is C=CCCCCCC(O)CC(=O)OC. The summed E-state index contributed by atoms with van der Waals surface area (Å²) in [4.78, 5) is 10.8. The molecule has 0 rings (SSSR count). The van der Waals surface area contributed by atoms with E-state index in [1.165, 1.54) is 7.11 Å². The molecule has 0 saturated carbocycles. The summed E-state index contributed by atoms with van der Waals surface area (Å²) in [6.45, 7) is 3.63. The minimum Gasteiger partial charge on any atom is -0.469 e. The highest BCUT2D eigenvalue weighted by Crippen LogP contribution is 2.08. The Morgan fingerprint density at radius 1 is 1.50 bits per heavy atom. The number of hydrogen-bond donors (Lipinski definition) is 1. The van der Waals surface area contributed by atoms with Crippen LogP contribution in [0.25, 0.3) is 0 Å². The molecule has 1 N–H and O–H groups in total. The minimum absolute atomic E-state index is 0.109. The Balaban J connectivity index is 3.30. The zero-order valence-electron chi connectivity index (χ0n) is 8.87. The van der Waals surface area contributed by atoms with Gasteiger partial charge < -0.3 is 9.84 Å². The average Bonchev–Trinajstić information content (AvgIpc) is 2.17. The van der Waals surface area contributed by atoms with Crippen LogP contribution in [0.3, 0.4) is 0 Å². The van der Waals surface area contributed by atoms with E-state index in [0.29, 0.717) is 6.42 Å². The fraction of sp³-hybridized carbons (Fsp3) is 0.727. The van der Waals surface area contributed by atoms with Crippen molar-refractivity contribution in [2.24, 2.45) is 0 Å². The van der Waals surface area contributed by atoms with Gasteiger partial charge in [-0.15, -0.1) is 6.58 Å². The summed E-state index contributed by atoms with van der Waals surface area (Å²) in [6.07, 6.45) is 6.28. The van der Waals surface area contributed by atoms with E-state index in [2.05, 4.69) is 11.3 Å². The summed E-state index contributed by atoms with van der Waals surface area (Å²) >= 11 is 0. The second kappa shape index (κ2) is 8.75. The van der Waals surface area contributed by atoms with E-state index in [1.807, 2.05) is 6.08 Å². The molecule has 0 amide bonds. The van der Waals surface area contributed by atoms with Crippen molar-refractivity contribution >= 4 is 5.97 Å². The van der Waals surface area contributed by atoms with E-state index in [0.717, 1.165) is 25.7 Å². The molecule has 1 unspecified atom stereocenters. The van der Waals surface area contributed by atoms with Gasteiger partial charge in [-0.1, -0.05) is 18.9 Å². The van der Waals surface area contributed by atoms with E-state index < -0.39 is 6.10 Å². The molecular weight excluding hydrogens is 180 g/mol. The van der Waals surface area contributed by atoms with Crippen molar-refractivity contribution in [1.82, 2.24) is 0 Å². The predicted octanol–water partition coefficient (Wildman–Crippen LogP) is 2.05. The average molecular weight is 200 g/mol. The zero-order valence-corrected chi connectivity index (χ0v) is 8.87. The smallest absolute Gasteiger partial charge is 0.308 e. The molecule has 0 aromatic heterocycles. The maximum atomic E-state index is 10.8. The van der Waals surface area contributed by atoms with Gasteiger partial charge in [-0.05, 0) is 19.3 Å². The summed E-state index contributed by atoms with van der Waals surface area (Å²) < 4.78 is 4.45. The van der Waals surface area contributed by atoms with Gasteiger partial charge in [0.2, 0.25) is 0 Å². The quantitative estimate of drug-likeness (QED) is 0.370. The number of carbonyl (C=O) groups is 1. The lowest BCUT2D eigenvalue weighted by atomic mass is 10.1. The van der Waals surface area contributed by atoms with Crippen LogP contribution in [0.2, 0.25) is 0 Å².